The maximum atomic E-state index is 11.9. The molecule has 0 saturated heterocycles. The molecular weight excluding hydrogens is 262 g/mol. The molecule has 4 heteroatoms. The number of aromatic nitrogens is 1. The van der Waals surface area contributed by atoms with Crippen LogP contribution in [0.5, 0.6) is 0 Å². The molecule has 0 saturated carbocycles. The van der Waals surface area contributed by atoms with Crippen LogP contribution in [-0.2, 0) is 0 Å². The fraction of sp³-hybridized carbons (Fsp3) is 0.294. The van der Waals surface area contributed by atoms with Crippen molar-refractivity contribution < 1.29 is 0 Å². The van der Waals surface area contributed by atoms with E-state index in [4.69, 9.17) is 0 Å². The third-order valence-corrected chi connectivity index (χ3v) is 3.73. The van der Waals surface area contributed by atoms with Crippen molar-refractivity contribution in [2.75, 3.05) is 14.1 Å². The minimum absolute atomic E-state index is 0.162. The minimum atomic E-state index is -0.335. The summed E-state index contributed by atoms with van der Waals surface area (Å²) in [4.78, 5) is 16.7. The summed E-state index contributed by atoms with van der Waals surface area (Å²) in [5.41, 5.74) is 3.31. The third kappa shape index (κ3) is 3.04. The number of hydrogen-bond acceptors (Lipinski definition) is 3. The lowest BCUT2D eigenvalue weighted by atomic mass is 9.97. The summed E-state index contributed by atoms with van der Waals surface area (Å²) in [5.74, 6) is 0. The molecule has 0 bridgehead atoms. The summed E-state index contributed by atoms with van der Waals surface area (Å²) in [6.45, 7) is 3.94. The van der Waals surface area contributed by atoms with Crippen LogP contribution < -0.4 is 5.56 Å². The van der Waals surface area contributed by atoms with Gasteiger partial charge in [0, 0.05) is 17.3 Å². The molecule has 1 aromatic carbocycles. The molecule has 1 aromatic heterocycles. The van der Waals surface area contributed by atoms with Crippen LogP contribution in [0.25, 0.3) is 11.1 Å². The van der Waals surface area contributed by atoms with Gasteiger partial charge in [-0.25, -0.2) is 0 Å². The van der Waals surface area contributed by atoms with E-state index in [0.717, 1.165) is 16.8 Å². The van der Waals surface area contributed by atoms with E-state index < -0.39 is 0 Å². The molecule has 108 valence electrons. The predicted molar refractivity (Wildman–Crippen MR) is 84.1 cm³/mol. The van der Waals surface area contributed by atoms with Gasteiger partial charge in [-0.3, -0.25) is 4.79 Å². The van der Waals surface area contributed by atoms with Crippen LogP contribution in [0.2, 0.25) is 0 Å². The van der Waals surface area contributed by atoms with Crippen molar-refractivity contribution in [2.24, 2.45) is 0 Å². The second kappa shape index (κ2) is 5.94. The lowest BCUT2D eigenvalue weighted by Crippen LogP contribution is -2.17. The van der Waals surface area contributed by atoms with E-state index in [1.807, 2.05) is 51.4 Å². The highest BCUT2D eigenvalue weighted by molar-refractivity contribution is 5.70. The van der Waals surface area contributed by atoms with Gasteiger partial charge in [-0.05, 0) is 51.2 Å². The molecule has 4 nitrogen and oxygen atoms in total. The zero-order valence-corrected chi connectivity index (χ0v) is 12.8. The third-order valence-electron chi connectivity index (χ3n) is 3.73. The van der Waals surface area contributed by atoms with Gasteiger partial charge in [0.15, 0.2) is 0 Å². The Bertz CT molecular complexity index is 753. The number of nitrogens with one attached hydrogen (secondary N) is 1. The Hall–Kier alpha value is -2.38. The highest BCUT2D eigenvalue weighted by atomic mass is 16.1. The van der Waals surface area contributed by atoms with E-state index in [2.05, 4.69) is 22.9 Å². The summed E-state index contributed by atoms with van der Waals surface area (Å²) in [7, 11) is 4.05. The molecule has 1 heterocycles. The number of nitriles is 1. The van der Waals surface area contributed by atoms with Crippen molar-refractivity contribution in [3.63, 3.8) is 0 Å². The molecule has 2 aromatic rings. The first-order valence-electron chi connectivity index (χ1n) is 6.85. The average Bonchev–Trinajstić information content (AvgIpc) is 2.45. The highest BCUT2D eigenvalue weighted by Gasteiger charge is 2.13. The Morgan fingerprint density at radius 1 is 1.29 bits per heavy atom. The Morgan fingerprint density at radius 2 is 2.00 bits per heavy atom. The standard InChI is InChI=1S/C17H19N3O/c1-11-8-15(16(10-18)17(21)19-11)14-7-5-6-13(9-14)12(2)20(3)4/h5-9,12H,1-4H3,(H,19,21). The summed E-state index contributed by atoms with van der Waals surface area (Å²) >= 11 is 0. The SMILES string of the molecule is Cc1cc(-c2cccc(C(C)N(C)C)c2)c(C#N)c(=O)[nH]1. The van der Waals surface area contributed by atoms with Gasteiger partial charge in [0.05, 0.1) is 0 Å². The van der Waals surface area contributed by atoms with Gasteiger partial charge in [-0.2, -0.15) is 5.26 Å². The summed E-state index contributed by atoms with van der Waals surface area (Å²) in [6.07, 6.45) is 0. The lowest BCUT2D eigenvalue weighted by Gasteiger charge is -2.20. The first-order valence-corrected chi connectivity index (χ1v) is 6.85. The molecule has 21 heavy (non-hydrogen) atoms. The van der Waals surface area contributed by atoms with Crippen molar-refractivity contribution in [1.82, 2.24) is 9.88 Å². The van der Waals surface area contributed by atoms with Crippen molar-refractivity contribution in [3.8, 4) is 17.2 Å². The fourth-order valence-electron chi connectivity index (χ4n) is 2.29. The first-order chi connectivity index (χ1) is 9.93. The van der Waals surface area contributed by atoms with Gasteiger partial charge in [0.2, 0.25) is 0 Å². The largest absolute Gasteiger partial charge is 0.325 e. The fourth-order valence-corrected chi connectivity index (χ4v) is 2.29. The molecule has 1 atom stereocenters. The number of H-pyrrole nitrogens is 1. The average molecular weight is 281 g/mol. The molecule has 0 radical (unpaired) electrons. The van der Waals surface area contributed by atoms with Crippen LogP contribution >= 0.6 is 0 Å². The highest BCUT2D eigenvalue weighted by Crippen LogP contribution is 2.26. The van der Waals surface area contributed by atoms with E-state index in [1.54, 1.807) is 0 Å². The van der Waals surface area contributed by atoms with Crippen molar-refractivity contribution in [3.05, 3.63) is 57.5 Å². The number of pyridine rings is 1. The maximum absolute atomic E-state index is 11.9. The van der Waals surface area contributed by atoms with E-state index in [1.165, 1.54) is 0 Å². The molecule has 1 N–H and O–H groups in total. The Labute approximate surface area is 124 Å². The number of aromatic amines is 1. The minimum Gasteiger partial charge on any atom is -0.325 e. The lowest BCUT2D eigenvalue weighted by molar-refractivity contribution is 0.321. The first kappa shape index (κ1) is 15.0. The molecule has 0 aliphatic rings. The zero-order chi connectivity index (χ0) is 15.6. The number of nitrogens with zero attached hydrogens (tertiary/aromatic N) is 2. The Morgan fingerprint density at radius 3 is 2.62 bits per heavy atom. The molecular formula is C17H19N3O. The van der Waals surface area contributed by atoms with Gasteiger partial charge in [0.1, 0.15) is 11.6 Å². The second-order valence-corrected chi connectivity index (χ2v) is 5.45. The smallest absolute Gasteiger partial charge is 0.266 e. The van der Waals surface area contributed by atoms with E-state index in [0.29, 0.717) is 5.56 Å². The van der Waals surface area contributed by atoms with Gasteiger partial charge in [-0.1, -0.05) is 18.2 Å². The van der Waals surface area contributed by atoms with E-state index in [9.17, 15) is 10.1 Å². The van der Waals surface area contributed by atoms with Crippen molar-refractivity contribution >= 4 is 0 Å². The predicted octanol–water partition coefficient (Wildman–Crippen LogP) is 2.84. The van der Waals surface area contributed by atoms with Gasteiger partial charge in [-0.15, -0.1) is 0 Å². The normalized spacial score (nSPS) is 12.2. The van der Waals surface area contributed by atoms with Crippen LogP contribution in [0.15, 0.2) is 35.1 Å². The van der Waals surface area contributed by atoms with Crippen LogP contribution in [-0.4, -0.2) is 24.0 Å². The van der Waals surface area contributed by atoms with E-state index >= 15 is 0 Å². The Balaban J connectivity index is 2.61. The summed E-state index contributed by atoms with van der Waals surface area (Å²) in [6, 6.07) is 12.1. The molecule has 1 unspecified atom stereocenters. The van der Waals surface area contributed by atoms with Crippen LogP contribution in [0.4, 0.5) is 0 Å². The Kier molecular flexibility index (Phi) is 4.25. The second-order valence-electron chi connectivity index (χ2n) is 5.45. The quantitative estimate of drug-likeness (QED) is 0.941. The molecule has 0 fully saturated rings. The molecule has 0 spiro atoms. The number of rotatable bonds is 3. The van der Waals surface area contributed by atoms with Crippen molar-refractivity contribution in [1.29, 1.82) is 5.26 Å². The molecule has 0 amide bonds. The monoisotopic (exact) mass is 281 g/mol. The topological polar surface area (TPSA) is 59.9 Å². The van der Waals surface area contributed by atoms with E-state index in [-0.39, 0.29) is 17.2 Å². The van der Waals surface area contributed by atoms with Crippen LogP contribution in [0, 0.1) is 18.3 Å². The molecule has 0 aliphatic heterocycles. The van der Waals surface area contributed by atoms with Crippen LogP contribution in [0.3, 0.4) is 0 Å². The molecule has 0 aliphatic carbocycles. The maximum Gasteiger partial charge on any atom is 0.266 e. The van der Waals surface area contributed by atoms with Gasteiger partial charge in [0.25, 0.3) is 5.56 Å². The van der Waals surface area contributed by atoms with Crippen molar-refractivity contribution in [2.45, 2.75) is 19.9 Å². The number of aryl methyl sites for hydroxylation is 1. The van der Waals surface area contributed by atoms with Crippen LogP contribution in [0.1, 0.15) is 29.8 Å². The summed E-state index contributed by atoms with van der Waals surface area (Å²) in [5, 5.41) is 9.24. The summed E-state index contributed by atoms with van der Waals surface area (Å²) < 4.78 is 0. The number of benzene rings is 1. The van der Waals surface area contributed by atoms with Gasteiger partial charge >= 0.3 is 0 Å². The number of hydrogen-bond donors (Lipinski definition) is 1. The zero-order valence-electron chi connectivity index (χ0n) is 12.8. The van der Waals surface area contributed by atoms with Gasteiger partial charge < -0.3 is 9.88 Å². The molecule has 2 rings (SSSR count).